The molecule has 0 spiro atoms. The van der Waals surface area contributed by atoms with E-state index in [9.17, 15) is 13.2 Å². The molecule has 0 bridgehead atoms. The van der Waals surface area contributed by atoms with E-state index in [0.29, 0.717) is 0 Å². The van der Waals surface area contributed by atoms with E-state index < -0.39 is 11.7 Å². The van der Waals surface area contributed by atoms with Crippen molar-refractivity contribution in [2.75, 3.05) is 0 Å². The highest BCUT2D eigenvalue weighted by Gasteiger charge is 2.30. The van der Waals surface area contributed by atoms with Crippen molar-refractivity contribution >= 4 is 5.57 Å². The average Bonchev–Trinajstić information content (AvgIpc) is 2.28. The molecular formula is C13H14F3N. The molecule has 0 radical (unpaired) electrons. The summed E-state index contributed by atoms with van der Waals surface area (Å²) in [5.74, 6) is 0. The van der Waals surface area contributed by atoms with Crippen molar-refractivity contribution in [3.63, 3.8) is 0 Å². The number of allylic oxidation sites excluding steroid dienone is 1. The van der Waals surface area contributed by atoms with Crippen LogP contribution in [0.5, 0.6) is 0 Å². The molecule has 1 aliphatic rings. The van der Waals surface area contributed by atoms with E-state index in [4.69, 9.17) is 5.73 Å². The molecule has 1 aromatic rings. The van der Waals surface area contributed by atoms with Crippen LogP contribution in [-0.2, 0) is 6.18 Å². The Kier molecular flexibility index (Phi) is 3.24. The fourth-order valence-corrected chi connectivity index (χ4v) is 2.05. The van der Waals surface area contributed by atoms with Crippen LogP contribution in [0.2, 0.25) is 0 Å². The fourth-order valence-electron chi connectivity index (χ4n) is 2.05. The number of hydrogen-bond acceptors (Lipinski definition) is 1. The highest BCUT2D eigenvalue weighted by molar-refractivity contribution is 5.67. The van der Waals surface area contributed by atoms with E-state index in [2.05, 4.69) is 6.08 Å². The van der Waals surface area contributed by atoms with Crippen LogP contribution < -0.4 is 5.73 Å². The second-order valence-corrected chi connectivity index (χ2v) is 4.35. The van der Waals surface area contributed by atoms with Gasteiger partial charge in [0.05, 0.1) is 5.56 Å². The highest BCUT2D eigenvalue weighted by Crippen LogP contribution is 2.31. The molecule has 1 aromatic carbocycles. The van der Waals surface area contributed by atoms with Gasteiger partial charge < -0.3 is 5.73 Å². The Bertz CT molecular complexity index is 417. The number of halogens is 3. The fraction of sp³-hybridized carbons (Fsp3) is 0.385. The molecule has 17 heavy (non-hydrogen) atoms. The van der Waals surface area contributed by atoms with Crippen LogP contribution in [0.3, 0.4) is 0 Å². The van der Waals surface area contributed by atoms with Gasteiger partial charge in [-0.1, -0.05) is 18.2 Å². The molecule has 0 saturated carbocycles. The molecular weight excluding hydrogens is 227 g/mol. The second-order valence-electron chi connectivity index (χ2n) is 4.35. The molecule has 0 aromatic heterocycles. The maximum Gasteiger partial charge on any atom is 0.416 e. The summed E-state index contributed by atoms with van der Waals surface area (Å²) < 4.78 is 37.2. The largest absolute Gasteiger partial charge is 0.416 e. The molecule has 2 N–H and O–H groups in total. The van der Waals surface area contributed by atoms with Gasteiger partial charge in [0.15, 0.2) is 0 Å². The lowest BCUT2D eigenvalue weighted by Gasteiger charge is -2.19. The van der Waals surface area contributed by atoms with Gasteiger partial charge in [-0.25, -0.2) is 0 Å². The lowest BCUT2D eigenvalue weighted by Crippen LogP contribution is -2.22. The van der Waals surface area contributed by atoms with Gasteiger partial charge in [0, 0.05) is 6.04 Å². The first-order valence-corrected chi connectivity index (χ1v) is 5.59. The molecule has 0 amide bonds. The van der Waals surface area contributed by atoms with E-state index in [0.717, 1.165) is 42.5 Å². The zero-order valence-electron chi connectivity index (χ0n) is 9.30. The van der Waals surface area contributed by atoms with Gasteiger partial charge in [-0.3, -0.25) is 0 Å². The van der Waals surface area contributed by atoms with Crippen molar-refractivity contribution in [3.8, 4) is 0 Å². The zero-order valence-corrected chi connectivity index (χ0v) is 9.30. The predicted molar refractivity (Wildman–Crippen MR) is 61.2 cm³/mol. The van der Waals surface area contributed by atoms with Crippen LogP contribution in [-0.4, -0.2) is 6.04 Å². The van der Waals surface area contributed by atoms with Gasteiger partial charge in [0.1, 0.15) is 0 Å². The van der Waals surface area contributed by atoms with Crippen molar-refractivity contribution < 1.29 is 13.2 Å². The standard InChI is InChI=1S/C13H14F3N/c14-13(15,16)11-6-4-9(5-7-11)10-2-1-3-12(17)8-10/h2,4-7,12H,1,3,8,17H2. The Labute approximate surface area is 98.1 Å². The van der Waals surface area contributed by atoms with Crippen molar-refractivity contribution in [1.29, 1.82) is 0 Å². The van der Waals surface area contributed by atoms with Crippen LogP contribution >= 0.6 is 0 Å². The van der Waals surface area contributed by atoms with Crippen LogP contribution in [0.1, 0.15) is 30.4 Å². The SMILES string of the molecule is NC1CCC=C(c2ccc(C(F)(F)F)cc2)C1. The van der Waals surface area contributed by atoms with Gasteiger partial charge in [-0.05, 0) is 42.5 Å². The molecule has 1 atom stereocenters. The quantitative estimate of drug-likeness (QED) is 0.798. The van der Waals surface area contributed by atoms with E-state index in [1.165, 1.54) is 12.1 Å². The summed E-state index contributed by atoms with van der Waals surface area (Å²) in [4.78, 5) is 0. The summed E-state index contributed by atoms with van der Waals surface area (Å²) in [5.41, 5.74) is 7.13. The summed E-state index contributed by atoms with van der Waals surface area (Å²) in [7, 11) is 0. The topological polar surface area (TPSA) is 26.0 Å². The molecule has 0 aliphatic heterocycles. The van der Waals surface area contributed by atoms with Crippen molar-refractivity contribution in [1.82, 2.24) is 0 Å². The van der Waals surface area contributed by atoms with Gasteiger partial charge in [0.2, 0.25) is 0 Å². The Morgan fingerprint density at radius 2 is 1.76 bits per heavy atom. The number of alkyl halides is 3. The van der Waals surface area contributed by atoms with Crippen molar-refractivity contribution in [2.45, 2.75) is 31.5 Å². The lowest BCUT2D eigenvalue weighted by atomic mass is 9.90. The van der Waals surface area contributed by atoms with Crippen LogP contribution in [0.25, 0.3) is 5.57 Å². The molecule has 0 heterocycles. The van der Waals surface area contributed by atoms with E-state index in [-0.39, 0.29) is 6.04 Å². The summed E-state index contributed by atoms with van der Waals surface area (Å²) in [6, 6.07) is 5.41. The molecule has 1 nitrogen and oxygen atoms in total. The highest BCUT2D eigenvalue weighted by atomic mass is 19.4. The smallest absolute Gasteiger partial charge is 0.327 e. The van der Waals surface area contributed by atoms with Crippen LogP contribution in [0.15, 0.2) is 30.3 Å². The van der Waals surface area contributed by atoms with Gasteiger partial charge in [-0.2, -0.15) is 13.2 Å². The van der Waals surface area contributed by atoms with E-state index in [1.807, 2.05) is 0 Å². The van der Waals surface area contributed by atoms with Crippen molar-refractivity contribution in [3.05, 3.63) is 41.5 Å². The number of rotatable bonds is 1. The molecule has 4 heteroatoms. The zero-order chi connectivity index (χ0) is 12.5. The Morgan fingerprint density at radius 3 is 2.29 bits per heavy atom. The Balaban J connectivity index is 2.21. The first-order valence-electron chi connectivity index (χ1n) is 5.59. The van der Waals surface area contributed by atoms with Crippen molar-refractivity contribution in [2.24, 2.45) is 5.73 Å². The maximum atomic E-state index is 12.4. The monoisotopic (exact) mass is 241 g/mol. The first kappa shape index (κ1) is 12.2. The van der Waals surface area contributed by atoms with Crippen LogP contribution in [0.4, 0.5) is 13.2 Å². The molecule has 0 fully saturated rings. The summed E-state index contributed by atoms with van der Waals surface area (Å²) >= 11 is 0. The Hall–Kier alpha value is -1.29. The number of benzene rings is 1. The molecule has 0 saturated heterocycles. The van der Waals surface area contributed by atoms with E-state index in [1.54, 1.807) is 0 Å². The van der Waals surface area contributed by atoms with Gasteiger partial charge in [0.25, 0.3) is 0 Å². The minimum Gasteiger partial charge on any atom is -0.327 e. The molecule has 2 rings (SSSR count). The maximum absolute atomic E-state index is 12.4. The first-order chi connectivity index (χ1) is 7.97. The number of hydrogen-bond donors (Lipinski definition) is 1. The number of nitrogens with two attached hydrogens (primary N) is 1. The lowest BCUT2D eigenvalue weighted by molar-refractivity contribution is -0.137. The summed E-state index contributed by atoms with van der Waals surface area (Å²) in [6.07, 6.45) is 0.384. The third kappa shape index (κ3) is 2.88. The average molecular weight is 241 g/mol. The molecule has 1 unspecified atom stereocenters. The van der Waals surface area contributed by atoms with Crippen LogP contribution in [0, 0.1) is 0 Å². The summed E-state index contributed by atoms with van der Waals surface area (Å²) in [5, 5.41) is 0. The minimum absolute atomic E-state index is 0.122. The third-order valence-electron chi connectivity index (χ3n) is 2.99. The molecule has 1 aliphatic carbocycles. The summed E-state index contributed by atoms with van der Waals surface area (Å²) in [6.45, 7) is 0. The Morgan fingerprint density at radius 1 is 1.12 bits per heavy atom. The minimum atomic E-state index is -4.27. The van der Waals surface area contributed by atoms with Gasteiger partial charge in [-0.15, -0.1) is 0 Å². The molecule has 92 valence electrons. The third-order valence-corrected chi connectivity index (χ3v) is 2.99. The predicted octanol–water partition coefficient (Wildman–Crippen LogP) is 3.60. The second kappa shape index (κ2) is 4.53. The normalized spacial score (nSPS) is 21.2. The van der Waals surface area contributed by atoms with Gasteiger partial charge >= 0.3 is 6.18 Å². The van der Waals surface area contributed by atoms with E-state index >= 15 is 0 Å².